The van der Waals surface area contributed by atoms with Crippen LogP contribution in [0.15, 0.2) is 77.4 Å². The summed E-state index contributed by atoms with van der Waals surface area (Å²) in [4.78, 5) is 38.5. The fourth-order valence-corrected chi connectivity index (χ4v) is 3.58. The molecule has 0 radical (unpaired) electrons. The maximum atomic E-state index is 12.5. The predicted molar refractivity (Wildman–Crippen MR) is 121 cm³/mol. The number of amides is 3. The van der Waals surface area contributed by atoms with E-state index in [1.165, 1.54) is 0 Å². The fourth-order valence-electron chi connectivity index (χ4n) is 3.58. The number of hydrogen-bond donors (Lipinski definition) is 2. The second-order valence-electron chi connectivity index (χ2n) is 7.75. The molecule has 0 bridgehead atoms. The van der Waals surface area contributed by atoms with E-state index in [4.69, 9.17) is 9.15 Å². The van der Waals surface area contributed by atoms with Crippen LogP contribution < -0.4 is 20.3 Å². The summed E-state index contributed by atoms with van der Waals surface area (Å²) in [6.45, 7) is 0.939. The molecule has 3 aromatic rings. The first-order chi connectivity index (χ1) is 16.1. The largest absolute Gasteiger partial charge is 0.484 e. The molecule has 2 N–H and O–H groups in total. The Morgan fingerprint density at radius 3 is 2.48 bits per heavy atom. The van der Waals surface area contributed by atoms with Gasteiger partial charge in [-0.25, -0.2) is 0 Å². The third kappa shape index (κ3) is 6.00. The number of carbonyl (C=O) groups is 3. The summed E-state index contributed by atoms with van der Waals surface area (Å²) in [5.41, 5.74) is 1.70. The summed E-state index contributed by atoms with van der Waals surface area (Å²) in [6.07, 6.45) is 1.71. The molecule has 1 atom stereocenters. The number of anilines is 1. The molecule has 2 heterocycles. The average molecular weight is 447 g/mol. The van der Waals surface area contributed by atoms with E-state index in [9.17, 15) is 14.4 Å². The Hall–Kier alpha value is -4.07. The molecule has 0 saturated carbocycles. The second kappa shape index (κ2) is 10.5. The van der Waals surface area contributed by atoms with Gasteiger partial charge in [-0.05, 0) is 42.0 Å². The summed E-state index contributed by atoms with van der Waals surface area (Å²) in [6, 6.07) is 20.1. The van der Waals surface area contributed by atoms with Gasteiger partial charge in [0.25, 0.3) is 5.91 Å². The molecular weight excluding hydrogens is 422 g/mol. The standard InChI is InChI=1S/C25H25N3O5/c29-23(26-14-18-5-2-1-3-6-18)17-33-21-10-8-20(9-11-21)28-16-19(13-24(28)30)25(31)27-15-22-7-4-12-32-22/h1-12,19H,13-17H2,(H,26,29)(H,27,31)/t19-/m0/s1. The molecule has 3 amide bonds. The molecule has 8 nitrogen and oxygen atoms in total. The van der Waals surface area contributed by atoms with Crippen LogP contribution in [-0.2, 0) is 27.5 Å². The van der Waals surface area contributed by atoms with Crippen molar-refractivity contribution >= 4 is 23.4 Å². The van der Waals surface area contributed by atoms with E-state index >= 15 is 0 Å². The summed E-state index contributed by atoms with van der Waals surface area (Å²) in [5.74, 6) is 0.255. The van der Waals surface area contributed by atoms with E-state index in [-0.39, 0.29) is 30.7 Å². The van der Waals surface area contributed by atoms with Crippen molar-refractivity contribution in [3.63, 3.8) is 0 Å². The molecule has 4 rings (SSSR count). The number of carbonyl (C=O) groups excluding carboxylic acids is 3. The van der Waals surface area contributed by atoms with E-state index < -0.39 is 5.92 Å². The number of furan rings is 1. The van der Waals surface area contributed by atoms with Gasteiger partial charge in [0.1, 0.15) is 11.5 Å². The third-order valence-electron chi connectivity index (χ3n) is 5.36. The molecule has 1 aromatic heterocycles. The first-order valence-corrected chi connectivity index (χ1v) is 10.7. The van der Waals surface area contributed by atoms with Gasteiger partial charge in [-0.2, -0.15) is 0 Å². The highest BCUT2D eigenvalue weighted by atomic mass is 16.5. The van der Waals surface area contributed by atoms with E-state index in [1.54, 1.807) is 47.6 Å². The van der Waals surface area contributed by atoms with Crippen LogP contribution in [0.3, 0.4) is 0 Å². The van der Waals surface area contributed by atoms with Gasteiger partial charge < -0.3 is 24.7 Å². The van der Waals surface area contributed by atoms with Gasteiger partial charge in [-0.15, -0.1) is 0 Å². The molecule has 170 valence electrons. The molecule has 1 fully saturated rings. The van der Waals surface area contributed by atoms with Crippen molar-refractivity contribution in [2.24, 2.45) is 5.92 Å². The highest BCUT2D eigenvalue weighted by Gasteiger charge is 2.35. The van der Waals surface area contributed by atoms with Gasteiger partial charge in [0.15, 0.2) is 6.61 Å². The maximum absolute atomic E-state index is 12.5. The van der Waals surface area contributed by atoms with Crippen LogP contribution in [0.25, 0.3) is 0 Å². The molecule has 33 heavy (non-hydrogen) atoms. The zero-order valence-corrected chi connectivity index (χ0v) is 18.0. The Morgan fingerprint density at radius 1 is 0.970 bits per heavy atom. The van der Waals surface area contributed by atoms with Crippen molar-refractivity contribution in [2.45, 2.75) is 19.5 Å². The maximum Gasteiger partial charge on any atom is 0.258 e. The number of benzene rings is 2. The average Bonchev–Trinajstić information content (AvgIpc) is 3.51. The summed E-state index contributed by atoms with van der Waals surface area (Å²) >= 11 is 0. The van der Waals surface area contributed by atoms with Crippen LogP contribution in [0.5, 0.6) is 5.75 Å². The van der Waals surface area contributed by atoms with Gasteiger partial charge in [0, 0.05) is 25.2 Å². The zero-order valence-electron chi connectivity index (χ0n) is 18.0. The topological polar surface area (TPSA) is 101 Å². The van der Waals surface area contributed by atoms with E-state index in [0.29, 0.717) is 36.8 Å². The quantitative estimate of drug-likeness (QED) is 0.525. The second-order valence-corrected chi connectivity index (χ2v) is 7.75. The lowest BCUT2D eigenvalue weighted by atomic mass is 10.1. The van der Waals surface area contributed by atoms with Gasteiger partial charge in [0.2, 0.25) is 11.8 Å². The van der Waals surface area contributed by atoms with Crippen LogP contribution in [0, 0.1) is 5.92 Å². The molecule has 1 aliphatic heterocycles. The van der Waals surface area contributed by atoms with Crippen molar-refractivity contribution in [1.29, 1.82) is 0 Å². The number of nitrogens with zero attached hydrogens (tertiary/aromatic N) is 1. The van der Waals surface area contributed by atoms with E-state index in [1.807, 2.05) is 30.3 Å². The number of hydrogen-bond acceptors (Lipinski definition) is 5. The minimum Gasteiger partial charge on any atom is -0.484 e. The van der Waals surface area contributed by atoms with E-state index in [2.05, 4.69) is 10.6 Å². The monoisotopic (exact) mass is 447 g/mol. The normalized spacial score (nSPS) is 15.3. The Morgan fingerprint density at radius 2 is 1.76 bits per heavy atom. The van der Waals surface area contributed by atoms with E-state index in [0.717, 1.165) is 5.56 Å². The fraction of sp³-hybridized carbons (Fsp3) is 0.240. The first kappa shape index (κ1) is 22.1. The van der Waals surface area contributed by atoms with Crippen molar-refractivity contribution in [1.82, 2.24) is 10.6 Å². The van der Waals surface area contributed by atoms with Gasteiger partial charge in [0.05, 0.1) is 18.7 Å². The highest BCUT2D eigenvalue weighted by Crippen LogP contribution is 2.27. The number of rotatable bonds is 9. The van der Waals surface area contributed by atoms with Crippen LogP contribution >= 0.6 is 0 Å². The summed E-state index contributed by atoms with van der Waals surface area (Å²) < 4.78 is 10.7. The van der Waals surface area contributed by atoms with Gasteiger partial charge in [-0.1, -0.05) is 30.3 Å². The van der Waals surface area contributed by atoms with Crippen molar-refractivity contribution in [3.8, 4) is 5.75 Å². The Kier molecular flexibility index (Phi) is 7.04. The SMILES string of the molecule is O=C(COc1ccc(N2C[C@@H](C(=O)NCc3ccco3)CC2=O)cc1)NCc1ccccc1. The molecule has 1 aliphatic rings. The van der Waals surface area contributed by atoms with Crippen molar-refractivity contribution < 1.29 is 23.5 Å². The smallest absolute Gasteiger partial charge is 0.258 e. The van der Waals surface area contributed by atoms with Crippen LogP contribution in [-0.4, -0.2) is 30.9 Å². The Labute approximate surface area is 191 Å². The summed E-state index contributed by atoms with van der Waals surface area (Å²) in [5, 5.41) is 5.61. The van der Waals surface area contributed by atoms with Crippen LogP contribution in [0.4, 0.5) is 5.69 Å². The predicted octanol–water partition coefficient (Wildman–Crippen LogP) is 2.64. The lowest BCUT2D eigenvalue weighted by Gasteiger charge is -2.17. The van der Waals surface area contributed by atoms with Crippen molar-refractivity contribution in [3.05, 3.63) is 84.3 Å². The molecule has 0 spiro atoms. The first-order valence-electron chi connectivity index (χ1n) is 10.7. The molecule has 1 saturated heterocycles. The zero-order chi connectivity index (χ0) is 23.0. The molecule has 0 unspecified atom stereocenters. The summed E-state index contributed by atoms with van der Waals surface area (Å²) in [7, 11) is 0. The van der Waals surface area contributed by atoms with Gasteiger partial charge >= 0.3 is 0 Å². The lowest BCUT2D eigenvalue weighted by molar-refractivity contribution is -0.126. The third-order valence-corrected chi connectivity index (χ3v) is 5.36. The minimum absolute atomic E-state index is 0.104. The van der Waals surface area contributed by atoms with Gasteiger partial charge in [-0.3, -0.25) is 14.4 Å². The Balaban J connectivity index is 1.24. The number of ether oxygens (including phenoxy) is 1. The molecule has 8 heteroatoms. The number of nitrogens with one attached hydrogen (secondary N) is 2. The van der Waals surface area contributed by atoms with Crippen LogP contribution in [0.2, 0.25) is 0 Å². The highest BCUT2D eigenvalue weighted by molar-refractivity contribution is 6.00. The van der Waals surface area contributed by atoms with Crippen molar-refractivity contribution in [2.75, 3.05) is 18.1 Å². The lowest BCUT2D eigenvalue weighted by Crippen LogP contribution is -2.32. The van der Waals surface area contributed by atoms with Crippen LogP contribution in [0.1, 0.15) is 17.7 Å². The Bertz CT molecular complexity index is 1080. The minimum atomic E-state index is -0.420. The molecule has 2 aromatic carbocycles. The molecule has 0 aliphatic carbocycles. The molecular formula is C25H25N3O5.